The first-order valence-electron chi connectivity index (χ1n) is 13.2. The van der Waals surface area contributed by atoms with Crippen LogP contribution in [0.1, 0.15) is 23.2 Å². The van der Waals surface area contributed by atoms with Crippen molar-refractivity contribution in [3.8, 4) is 11.4 Å². The molecular weight excluding hydrogens is 565 g/mol. The van der Waals surface area contributed by atoms with Crippen molar-refractivity contribution >= 4 is 64.6 Å². The van der Waals surface area contributed by atoms with Crippen LogP contribution < -0.4 is 4.90 Å². The van der Waals surface area contributed by atoms with E-state index in [4.69, 9.17) is 4.42 Å². The summed E-state index contributed by atoms with van der Waals surface area (Å²) >= 11 is 1.78. The van der Waals surface area contributed by atoms with Crippen LogP contribution in [0.4, 0.5) is 6.01 Å². The van der Waals surface area contributed by atoms with E-state index in [0.717, 1.165) is 88.9 Å². The van der Waals surface area contributed by atoms with Crippen molar-refractivity contribution in [2.75, 3.05) is 44.4 Å². The molecule has 0 bridgehead atoms. The highest BCUT2D eigenvalue weighted by molar-refractivity contribution is 7.99. The number of aromatic nitrogens is 5. The Labute approximate surface area is 251 Å². The fourth-order valence-corrected chi connectivity index (χ4v) is 6.01. The molecule has 0 saturated heterocycles. The highest BCUT2D eigenvalue weighted by Gasteiger charge is 2.18. The molecule has 4 heterocycles. The monoisotopic (exact) mass is 599 g/mol. The summed E-state index contributed by atoms with van der Waals surface area (Å²) in [6, 6.07) is 15.5. The van der Waals surface area contributed by atoms with Crippen LogP contribution in [0.5, 0.6) is 0 Å². The number of fused-ring (bicyclic) bond motifs is 3. The number of halogens is 2. The second kappa shape index (κ2) is 12.8. The Morgan fingerprint density at radius 2 is 1.73 bits per heavy atom. The molecule has 0 atom stereocenters. The second-order valence-electron chi connectivity index (χ2n) is 10.2. The molecular formula is C29H35Cl2N7OS. The molecule has 0 N–H and O–H groups in total. The molecule has 5 aromatic rings. The lowest BCUT2D eigenvalue weighted by Crippen LogP contribution is -2.27. The number of anilines is 1. The summed E-state index contributed by atoms with van der Waals surface area (Å²) in [5, 5.41) is 11.1. The van der Waals surface area contributed by atoms with Crippen molar-refractivity contribution in [2.45, 2.75) is 31.3 Å². The van der Waals surface area contributed by atoms with Gasteiger partial charge in [-0.1, -0.05) is 30.0 Å². The van der Waals surface area contributed by atoms with Crippen molar-refractivity contribution in [1.29, 1.82) is 0 Å². The Kier molecular flexibility index (Phi) is 9.61. The van der Waals surface area contributed by atoms with Gasteiger partial charge in [0, 0.05) is 56.6 Å². The molecule has 0 spiro atoms. The largest absolute Gasteiger partial charge is 0.423 e. The van der Waals surface area contributed by atoms with Gasteiger partial charge in [-0.2, -0.15) is 4.98 Å². The van der Waals surface area contributed by atoms with Gasteiger partial charge in [-0.05, 0) is 68.1 Å². The van der Waals surface area contributed by atoms with Crippen LogP contribution >= 0.6 is 36.6 Å². The summed E-state index contributed by atoms with van der Waals surface area (Å²) in [5.41, 5.74) is 7.70. The highest BCUT2D eigenvalue weighted by atomic mass is 35.5. The maximum absolute atomic E-state index is 5.93. The third-order valence-electron chi connectivity index (χ3n) is 7.27. The van der Waals surface area contributed by atoms with Crippen molar-refractivity contribution in [2.24, 2.45) is 7.05 Å². The number of rotatable bonds is 7. The molecule has 1 aliphatic rings. The van der Waals surface area contributed by atoms with Crippen LogP contribution in [-0.4, -0.2) is 69.1 Å². The van der Waals surface area contributed by atoms with Gasteiger partial charge < -0.3 is 18.8 Å². The van der Waals surface area contributed by atoms with Crippen molar-refractivity contribution in [3.63, 3.8) is 0 Å². The van der Waals surface area contributed by atoms with Crippen molar-refractivity contribution in [1.82, 2.24) is 29.6 Å². The Morgan fingerprint density at radius 1 is 0.950 bits per heavy atom. The number of oxazole rings is 1. The van der Waals surface area contributed by atoms with Crippen molar-refractivity contribution < 1.29 is 4.42 Å². The van der Waals surface area contributed by atoms with Gasteiger partial charge in [0.25, 0.3) is 6.01 Å². The topological polar surface area (TPSA) is 76.1 Å². The number of aryl methyl sites for hydroxylation is 1. The van der Waals surface area contributed by atoms with Gasteiger partial charge in [0.2, 0.25) is 0 Å². The van der Waals surface area contributed by atoms with E-state index >= 15 is 0 Å². The molecule has 40 heavy (non-hydrogen) atoms. The summed E-state index contributed by atoms with van der Waals surface area (Å²) in [6.45, 7) is 5.24. The summed E-state index contributed by atoms with van der Waals surface area (Å²) in [7, 11) is 5.97. The van der Waals surface area contributed by atoms with E-state index in [2.05, 4.69) is 73.1 Å². The average molecular weight is 601 g/mol. The van der Waals surface area contributed by atoms with Gasteiger partial charge in [-0.3, -0.25) is 4.98 Å². The molecule has 2 aromatic carbocycles. The minimum atomic E-state index is 0. The standard InChI is InChI=1S/C29H33N7OS.2ClH/c1-19-9-10-22-23(7-5-8-24(22)30-19)27-32-33-29(35(27)4)38-16-6-13-36-14-11-20-17-25-26(18-21(20)12-15-36)37-28(31-25)34(2)3;;/h5,7-10,17-18H,6,11-16H2,1-4H3;2*1H. The number of thioether (sulfide) groups is 1. The number of hydrogen-bond donors (Lipinski definition) is 0. The van der Waals surface area contributed by atoms with Gasteiger partial charge in [0.1, 0.15) is 5.52 Å². The molecule has 1 aliphatic heterocycles. The molecule has 6 rings (SSSR count). The maximum atomic E-state index is 5.93. The SMILES string of the molecule is Cc1ccc2c(-c3nnc(SCCCN4CCc5cc6nc(N(C)C)oc6cc5CC4)n3C)cccc2n1.Cl.Cl. The fraction of sp³-hybridized carbons (Fsp3) is 0.379. The average Bonchev–Trinajstić information content (AvgIpc) is 3.43. The lowest BCUT2D eigenvalue weighted by atomic mass is 10.0. The first-order chi connectivity index (χ1) is 18.5. The third-order valence-corrected chi connectivity index (χ3v) is 8.38. The molecule has 0 saturated carbocycles. The van der Waals surface area contributed by atoms with Gasteiger partial charge in [0.05, 0.1) is 5.52 Å². The first kappa shape index (κ1) is 30.1. The van der Waals surface area contributed by atoms with E-state index in [9.17, 15) is 0 Å². The Balaban J connectivity index is 0.00000185. The fourth-order valence-electron chi connectivity index (χ4n) is 5.17. The third kappa shape index (κ3) is 6.07. The lowest BCUT2D eigenvalue weighted by molar-refractivity contribution is 0.289. The molecule has 0 amide bonds. The van der Waals surface area contributed by atoms with Crippen LogP contribution in [0.2, 0.25) is 0 Å². The van der Waals surface area contributed by atoms with Crippen LogP contribution in [0, 0.1) is 6.92 Å². The van der Waals surface area contributed by atoms with E-state index in [-0.39, 0.29) is 24.8 Å². The Bertz CT molecular complexity index is 1570. The van der Waals surface area contributed by atoms with E-state index in [1.165, 1.54) is 11.1 Å². The van der Waals surface area contributed by atoms with Crippen LogP contribution in [0.25, 0.3) is 33.4 Å². The summed E-state index contributed by atoms with van der Waals surface area (Å²) in [4.78, 5) is 13.8. The summed E-state index contributed by atoms with van der Waals surface area (Å²) in [6.07, 6.45) is 3.20. The molecule has 0 fully saturated rings. The normalized spacial score (nSPS) is 13.5. The second-order valence-corrected chi connectivity index (χ2v) is 11.3. The predicted molar refractivity (Wildman–Crippen MR) is 168 cm³/mol. The van der Waals surface area contributed by atoms with Gasteiger partial charge in [0.15, 0.2) is 16.6 Å². The quantitative estimate of drug-likeness (QED) is 0.167. The summed E-state index contributed by atoms with van der Waals surface area (Å²) in [5.74, 6) is 1.89. The van der Waals surface area contributed by atoms with Gasteiger partial charge >= 0.3 is 0 Å². The zero-order valence-corrected chi connectivity index (χ0v) is 25.7. The molecule has 11 heteroatoms. The van der Waals surface area contributed by atoms with Crippen LogP contribution in [0.3, 0.4) is 0 Å². The molecule has 0 radical (unpaired) electrons. The number of pyridine rings is 1. The van der Waals surface area contributed by atoms with Crippen LogP contribution in [0.15, 0.2) is 52.0 Å². The van der Waals surface area contributed by atoms with E-state index in [1.807, 2.05) is 32.0 Å². The van der Waals surface area contributed by atoms with Crippen molar-refractivity contribution in [3.05, 3.63) is 59.3 Å². The smallest absolute Gasteiger partial charge is 0.297 e. The molecule has 3 aromatic heterocycles. The predicted octanol–water partition coefficient (Wildman–Crippen LogP) is 5.97. The zero-order valence-electron chi connectivity index (χ0n) is 23.3. The highest BCUT2D eigenvalue weighted by Crippen LogP contribution is 2.30. The van der Waals surface area contributed by atoms with Gasteiger partial charge in [-0.15, -0.1) is 35.0 Å². The van der Waals surface area contributed by atoms with Gasteiger partial charge in [-0.25, -0.2) is 0 Å². The van der Waals surface area contributed by atoms with Crippen LogP contribution in [-0.2, 0) is 19.9 Å². The number of hydrogen-bond acceptors (Lipinski definition) is 8. The molecule has 8 nitrogen and oxygen atoms in total. The molecule has 0 aliphatic carbocycles. The number of nitrogens with zero attached hydrogens (tertiary/aromatic N) is 7. The molecule has 212 valence electrons. The minimum Gasteiger partial charge on any atom is -0.423 e. The number of benzene rings is 2. The Hall–Kier alpha value is -2.85. The minimum absolute atomic E-state index is 0. The summed E-state index contributed by atoms with van der Waals surface area (Å²) < 4.78 is 8.04. The van der Waals surface area contributed by atoms with E-state index in [0.29, 0.717) is 6.01 Å². The molecule has 0 unspecified atom stereocenters. The van der Waals surface area contributed by atoms with E-state index in [1.54, 1.807) is 11.8 Å². The zero-order chi connectivity index (χ0) is 26.2. The lowest BCUT2D eigenvalue weighted by Gasteiger charge is -2.19. The first-order valence-corrected chi connectivity index (χ1v) is 14.2. The maximum Gasteiger partial charge on any atom is 0.297 e. The Morgan fingerprint density at radius 3 is 2.50 bits per heavy atom. The van der Waals surface area contributed by atoms with E-state index < -0.39 is 0 Å².